The van der Waals surface area contributed by atoms with Crippen molar-refractivity contribution in [2.45, 2.75) is 45.3 Å². The fourth-order valence-corrected chi connectivity index (χ4v) is 2.86. The Morgan fingerprint density at radius 1 is 1.28 bits per heavy atom. The average Bonchev–Trinajstić information content (AvgIpc) is 2.65. The van der Waals surface area contributed by atoms with Crippen LogP contribution < -0.4 is 0 Å². The van der Waals surface area contributed by atoms with Gasteiger partial charge in [-0.15, -0.1) is 0 Å². The van der Waals surface area contributed by atoms with Crippen LogP contribution in [0.3, 0.4) is 0 Å². The lowest BCUT2D eigenvalue weighted by Gasteiger charge is -2.27. The Hall–Kier alpha value is -1.28. The normalized spacial score (nSPS) is 17.1. The zero-order chi connectivity index (χ0) is 12.8. The van der Waals surface area contributed by atoms with Crippen molar-refractivity contribution in [3.8, 4) is 0 Å². The SMILES string of the molecule is CC(C)(O)c1cccc2ccn(CC3CCC3)c12. The third kappa shape index (κ3) is 1.95. The van der Waals surface area contributed by atoms with Crippen LogP contribution in [0.4, 0.5) is 0 Å². The van der Waals surface area contributed by atoms with Crippen molar-refractivity contribution >= 4 is 10.9 Å². The Kier molecular flexibility index (Phi) is 2.70. The first-order chi connectivity index (χ1) is 8.55. The minimum absolute atomic E-state index is 0.783. The summed E-state index contributed by atoms with van der Waals surface area (Å²) in [6.07, 6.45) is 6.25. The number of nitrogens with zero attached hydrogens (tertiary/aromatic N) is 1. The molecule has 1 aliphatic rings. The van der Waals surface area contributed by atoms with Gasteiger partial charge in [-0.2, -0.15) is 0 Å². The summed E-state index contributed by atoms with van der Waals surface area (Å²) < 4.78 is 2.33. The fourth-order valence-electron chi connectivity index (χ4n) is 2.86. The largest absolute Gasteiger partial charge is 0.386 e. The number of fused-ring (bicyclic) bond motifs is 1. The first kappa shape index (κ1) is 11.8. The molecule has 1 N–H and O–H groups in total. The van der Waals surface area contributed by atoms with Gasteiger partial charge in [0.15, 0.2) is 0 Å². The lowest BCUT2D eigenvalue weighted by atomic mass is 9.85. The molecule has 1 heterocycles. The predicted molar refractivity (Wildman–Crippen MR) is 74.5 cm³/mol. The van der Waals surface area contributed by atoms with Gasteiger partial charge in [0.05, 0.1) is 11.1 Å². The summed E-state index contributed by atoms with van der Waals surface area (Å²) in [5, 5.41) is 11.6. The first-order valence-corrected chi connectivity index (χ1v) is 6.86. The Morgan fingerprint density at radius 3 is 2.67 bits per heavy atom. The third-order valence-electron chi connectivity index (χ3n) is 4.13. The van der Waals surface area contributed by atoms with Crippen molar-refractivity contribution < 1.29 is 5.11 Å². The Morgan fingerprint density at radius 2 is 2.06 bits per heavy atom. The zero-order valence-corrected chi connectivity index (χ0v) is 11.2. The van der Waals surface area contributed by atoms with E-state index in [-0.39, 0.29) is 0 Å². The van der Waals surface area contributed by atoms with Crippen molar-refractivity contribution in [2.24, 2.45) is 5.92 Å². The molecule has 2 heteroatoms. The van der Waals surface area contributed by atoms with Crippen LogP contribution in [-0.4, -0.2) is 9.67 Å². The predicted octanol–water partition coefficient (Wildman–Crippen LogP) is 3.67. The van der Waals surface area contributed by atoms with E-state index in [0.717, 1.165) is 18.0 Å². The molecule has 0 bridgehead atoms. The topological polar surface area (TPSA) is 25.2 Å². The quantitative estimate of drug-likeness (QED) is 0.874. The highest BCUT2D eigenvalue weighted by molar-refractivity contribution is 5.84. The smallest absolute Gasteiger partial charge is 0.0860 e. The van der Waals surface area contributed by atoms with E-state index in [1.807, 2.05) is 26.0 Å². The molecule has 18 heavy (non-hydrogen) atoms. The number of benzene rings is 1. The molecule has 3 rings (SSSR count). The highest BCUT2D eigenvalue weighted by Gasteiger charge is 2.23. The molecule has 0 aliphatic heterocycles. The van der Waals surface area contributed by atoms with Gasteiger partial charge in [-0.25, -0.2) is 0 Å². The Balaban J connectivity index is 2.08. The van der Waals surface area contributed by atoms with E-state index in [0.29, 0.717) is 0 Å². The molecule has 0 atom stereocenters. The Bertz CT molecular complexity index is 558. The number of hydrogen-bond acceptors (Lipinski definition) is 1. The van der Waals surface area contributed by atoms with Crippen molar-refractivity contribution in [2.75, 3.05) is 0 Å². The van der Waals surface area contributed by atoms with Crippen LogP contribution in [0.25, 0.3) is 10.9 Å². The molecule has 2 nitrogen and oxygen atoms in total. The van der Waals surface area contributed by atoms with Crippen molar-refractivity contribution in [3.05, 3.63) is 36.0 Å². The maximum Gasteiger partial charge on any atom is 0.0860 e. The molecule has 0 radical (unpaired) electrons. The average molecular weight is 243 g/mol. The summed E-state index contributed by atoms with van der Waals surface area (Å²) in [6.45, 7) is 4.82. The van der Waals surface area contributed by atoms with E-state index >= 15 is 0 Å². The van der Waals surface area contributed by atoms with Gasteiger partial charge >= 0.3 is 0 Å². The van der Waals surface area contributed by atoms with Crippen LogP contribution in [0.5, 0.6) is 0 Å². The second kappa shape index (κ2) is 4.13. The van der Waals surface area contributed by atoms with E-state index in [1.165, 1.54) is 30.2 Å². The molecule has 1 fully saturated rings. The highest BCUT2D eigenvalue weighted by Crippen LogP contribution is 2.33. The molecule has 2 aromatic rings. The van der Waals surface area contributed by atoms with Crippen LogP contribution in [0.1, 0.15) is 38.7 Å². The molecule has 0 saturated heterocycles. The molecular weight excluding hydrogens is 222 g/mol. The zero-order valence-electron chi connectivity index (χ0n) is 11.2. The monoisotopic (exact) mass is 243 g/mol. The lowest BCUT2D eigenvalue weighted by Crippen LogP contribution is -2.20. The van der Waals surface area contributed by atoms with Gasteiger partial charge in [-0.3, -0.25) is 0 Å². The fraction of sp³-hybridized carbons (Fsp3) is 0.500. The summed E-state index contributed by atoms with van der Waals surface area (Å²) in [7, 11) is 0. The van der Waals surface area contributed by atoms with Gasteiger partial charge < -0.3 is 9.67 Å². The van der Waals surface area contributed by atoms with Gasteiger partial charge in [-0.05, 0) is 44.1 Å². The molecule has 1 aliphatic carbocycles. The number of para-hydroxylation sites is 1. The Labute approximate surface area is 108 Å². The van der Waals surface area contributed by atoms with Crippen LogP contribution in [-0.2, 0) is 12.1 Å². The van der Waals surface area contributed by atoms with Gasteiger partial charge in [0.1, 0.15) is 0 Å². The number of hydrogen-bond donors (Lipinski definition) is 1. The lowest BCUT2D eigenvalue weighted by molar-refractivity contribution is 0.0797. The van der Waals surface area contributed by atoms with Crippen molar-refractivity contribution in [1.29, 1.82) is 0 Å². The molecule has 1 aromatic heterocycles. The highest BCUT2D eigenvalue weighted by atomic mass is 16.3. The van der Waals surface area contributed by atoms with E-state index in [4.69, 9.17) is 0 Å². The maximum absolute atomic E-state index is 10.3. The minimum Gasteiger partial charge on any atom is -0.386 e. The second-order valence-electron chi connectivity index (χ2n) is 6.07. The molecule has 96 valence electrons. The van der Waals surface area contributed by atoms with Crippen LogP contribution in [0, 0.1) is 5.92 Å². The molecule has 0 spiro atoms. The summed E-state index contributed by atoms with van der Waals surface area (Å²) >= 11 is 0. The summed E-state index contributed by atoms with van der Waals surface area (Å²) in [6, 6.07) is 8.36. The van der Waals surface area contributed by atoms with E-state index in [1.54, 1.807) is 0 Å². The minimum atomic E-state index is -0.783. The van der Waals surface area contributed by atoms with E-state index < -0.39 is 5.60 Å². The van der Waals surface area contributed by atoms with E-state index in [2.05, 4.69) is 22.9 Å². The van der Waals surface area contributed by atoms with Gasteiger partial charge in [-0.1, -0.05) is 24.6 Å². The van der Waals surface area contributed by atoms with Crippen LogP contribution >= 0.6 is 0 Å². The summed E-state index contributed by atoms with van der Waals surface area (Å²) in [5.41, 5.74) is 1.45. The second-order valence-corrected chi connectivity index (χ2v) is 6.07. The number of aromatic nitrogens is 1. The number of aliphatic hydroxyl groups is 1. The van der Waals surface area contributed by atoms with Gasteiger partial charge in [0.25, 0.3) is 0 Å². The summed E-state index contributed by atoms with van der Waals surface area (Å²) in [4.78, 5) is 0. The van der Waals surface area contributed by atoms with Crippen molar-refractivity contribution in [1.82, 2.24) is 4.57 Å². The van der Waals surface area contributed by atoms with E-state index in [9.17, 15) is 5.11 Å². The molecule has 1 aromatic carbocycles. The molecule has 1 saturated carbocycles. The van der Waals surface area contributed by atoms with Crippen LogP contribution in [0.2, 0.25) is 0 Å². The van der Waals surface area contributed by atoms with Gasteiger partial charge in [0, 0.05) is 18.3 Å². The molecule has 0 amide bonds. The third-order valence-corrected chi connectivity index (χ3v) is 4.13. The molecular formula is C16H21NO. The van der Waals surface area contributed by atoms with Crippen LogP contribution in [0.15, 0.2) is 30.5 Å². The first-order valence-electron chi connectivity index (χ1n) is 6.86. The van der Waals surface area contributed by atoms with Crippen molar-refractivity contribution in [3.63, 3.8) is 0 Å². The maximum atomic E-state index is 10.3. The number of rotatable bonds is 3. The van der Waals surface area contributed by atoms with Gasteiger partial charge in [0.2, 0.25) is 0 Å². The summed E-state index contributed by atoms with van der Waals surface area (Å²) in [5.74, 6) is 0.829. The molecule has 0 unspecified atom stereocenters. The standard InChI is InChI=1S/C16H21NO/c1-16(2,18)14-8-4-7-13-9-10-17(15(13)14)11-12-5-3-6-12/h4,7-10,12,18H,3,5-6,11H2,1-2H3.